The van der Waals surface area contributed by atoms with Crippen LogP contribution in [0.3, 0.4) is 0 Å². The van der Waals surface area contributed by atoms with Gasteiger partial charge in [-0.2, -0.15) is 0 Å². The average Bonchev–Trinajstić information content (AvgIpc) is 2.70. The van der Waals surface area contributed by atoms with Gasteiger partial charge in [0.25, 0.3) is 0 Å². The van der Waals surface area contributed by atoms with Crippen molar-refractivity contribution < 1.29 is 9.53 Å². The van der Waals surface area contributed by atoms with Crippen molar-refractivity contribution in [1.82, 2.24) is 15.1 Å². The van der Waals surface area contributed by atoms with Gasteiger partial charge in [0, 0.05) is 33.7 Å². The van der Waals surface area contributed by atoms with E-state index in [2.05, 4.69) is 32.2 Å². The van der Waals surface area contributed by atoms with Gasteiger partial charge in [-0.1, -0.05) is 12.1 Å². The molecule has 1 unspecified atom stereocenters. The van der Waals surface area contributed by atoms with Crippen molar-refractivity contribution in [2.24, 2.45) is 16.6 Å². The average molecular weight is 517 g/mol. The van der Waals surface area contributed by atoms with Gasteiger partial charge in [0.2, 0.25) is 5.91 Å². The lowest BCUT2D eigenvalue weighted by Gasteiger charge is -2.31. The topological polar surface area (TPSA) is 83.2 Å². The molecule has 1 aliphatic heterocycles. The predicted octanol–water partition coefficient (Wildman–Crippen LogP) is 2.30. The van der Waals surface area contributed by atoms with Crippen molar-refractivity contribution in [3.63, 3.8) is 0 Å². The number of likely N-dealkylation sites (tertiary alicyclic amines) is 1. The molecule has 29 heavy (non-hydrogen) atoms. The van der Waals surface area contributed by atoms with Crippen LogP contribution in [0.2, 0.25) is 0 Å². The first kappa shape index (κ1) is 25.5. The minimum Gasteiger partial charge on any atom is -0.494 e. The lowest BCUT2D eigenvalue weighted by atomic mass is 9.97. The van der Waals surface area contributed by atoms with Crippen LogP contribution in [0.5, 0.6) is 5.75 Å². The number of benzene rings is 1. The number of hydrogen-bond donors (Lipinski definition) is 2. The van der Waals surface area contributed by atoms with E-state index in [1.54, 1.807) is 7.05 Å². The quantitative estimate of drug-likeness (QED) is 0.227. The molecule has 0 radical (unpaired) electrons. The number of carbonyl (C=O) groups is 1. The Morgan fingerprint density at radius 2 is 2.10 bits per heavy atom. The highest BCUT2D eigenvalue weighted by Gasteiger charge is 2.23. The second-order valence-electron chi connectivity index (χ2n) is 7.30. The maximum absolute atomic E-state index is 11.4. The molecule has 0 aliphatic carbocycles. The number of nitrogens with two attached hydrogens (primary N) is 1. The summed E-state index contributed by atoms with van der Waals surface area (Å²) in [6, 6.07) is 8.17. The summed E-state index contributed by atoms with van der Waals surface area (Å²) in [4.78, 5) is 20.2. The largest absolute Gasteiger partial charge is 0.494 e. The van der Waals surface area contributed by atoms with Gasteiger partial charge < -0.3 is 25.6 Å². The Balaban J connectivity index is 0.00000420. The normalized spacial score (nSPS) is 17.3. The summed E-state index contributed by atoms with van der Waals surface area (Å²) in [6.07, 6.45) is 2.97. The van der Waals surface area contributed by atoms with Gasteiger partial charge in [0.05, 0.1) is 12.5 Å². The molecular formula is C21H36IN5O2. The number of primary amides is 1. The zero-order valence-corrected chi connectivity index (χ0v) is 20.2. The molecule has 1 heterocycles. The SMILES string of the molecule is CCOc1ccc(CN(C)C(=NC)NCCCN2CCCC(C(N)=O)C2)cc1.I. The van der Waals surface area contributed by atoms with Gasteiger partial charge in [0.15, 0.2) is 5.96 Å². The number of amides is 1. The van der Waals surface area contributed by atoms with Crippen molar-refractivity contribution in [3.05, 3.63) is 29.8 Å². The number of aliphatic imine (C=N–C) groups is 1. The Morgan fingerprint density at radius 3 is 2.72 bits per heavy atom. The molecule has 0 bridgehead atoms. The van der Waals surface area contributed by atoms with E-state index in [4.69, 9.17) is 10.5 Å². The fourth-order valence-electron chi connectivity index (χ4n) is 3.58. The summed E-state index contributed by atoms with van der Waals surface area (Å²) in [5.74, 6) is 1.61. The first-order valence-corrected chi connectivity index (χ1v) is 10.2. The molecule has 1 amide bonds. The predicted molar refractivity (Wildman–Crippen MR) is 129 cm³/mol. The van der Waals surface area contributed by atoms with E-state index in [0.717, 1.165) is 63.7 Å². The maximum Gasteiger partial charge on any atom is 0.221 e. The summed E-state index contributed by atoms with van der Waals surface area (Å²) in [6.45, 7) is 7.10. The molecule has 1 saturated heterocycles. The van der Waals surface area contributed by atoms with Crippen LogP contribution in [0, 0.1) is 5.92 Å². The van der Waals surface area contributed by atoms with Gasteiger partial charge in [-0.15, -0.1) is 24.0 Å². The van der Waals surface area contributed by atoms with E-state index in [1.165, 1.54) is 5.56 Å². The highest BCUT2D eigenvalue weighted by molar-refractivity contribution is 14.0. The van der Waals surface area contributed by atoms with Crippen LogP contribution < -0.4 is 15.8 Å². The summed E-state index contributed by atoms with van der Waals surface area (Å²) < 4.78 is 5.49. The lowest BCUT2D eigenvalue weighted by molar-refractivity contribution is -0.123. The third kappa shape index (κ3) is 8.77. The van der Waals surface area contributed by atoms with Crippen LogP contribution in [0.25, 0.3) is 0 Å². The Kier molecular flexibility index (Phi) is 12.0. The first-order chi connectivity index (χ1) is 13.5. The highest BCUT2D eigenvalue weighted by atomic mass is 127. The van der Waals surface area contributed by atoms with Crippen molar-refractivity contribution in [2.45, 2.75) is 32.7 Å². The molecule has 0 saturated carbocycles. The van der Waals surface area contributed by atoms with E-state index in [0.29, 0.717) is 6.61 Å². The van der Waals surface area contributed by atoms with Gasteiger partial charge in [-0.25, -0.2) is 0 Å². The Morgan fingerprint density at radius 1 is 1.38 bits per heavy atom. The standard InChI is InChI=1S/C21H35N5O2.HI/c1-4-28-19-10-8-17(9-11-19)15-25(3)21(23-2)24-12-6-14-26-13-5-7-18(16-26)20(22)27;/h8-11,18H,4-7,12-16H2,1-3H3,(H2,22,27)(H,23,24);1H. The molecule has 1 aromatic carbocycles. The van der Waals surface area contributed by atoms with Gasteiger partial charge in [0.1, 0.15) is 5.75 Å². The lowest BCUT2D eigenvalue weighted by Crippen LogP contribution is -2.43. The molecule has 1 aliphatic rings. The molecule has 0 aromatic heterocycles. The molecule has 7 nitrogen and oxygen atoms in total. The number of piperidine rings is 1. The highest BCUT2D eigenvalue weighted by Crippen LogP contribution is 2.16. The Labute approximate surface area is 192 Å². The van der Waals surface area contributed by atoms with E-state index in [-0.39, 0.29) is 35.8 Å². The van der Waals surface area contributed by atoms with Crippen LogP contribution in [0.1, 0.15) is 31.7 Å². The smallest absolute Gasteiger partial charge is 0.221 e. The molecule has 0 spiro atoms. The number of rotatable bonds is 9. The second kappa shape index (κ2) is 13.6. The molecule has 3 N–H and O–H groups in total. The van der Waals surface area contributed by atoms with Crippen LogP contribution in [0.4, 0.5) is 0 Å². The summed E-state index contributed by atoms with van der Waals surface area (Å²) in [5.41, 5.74) is 6.66. The number of hydrogen-bond acceptors (Lipinski definition) is 4. The van der Waals surface area contributed by atoms with Crippen LogP contribution >= 0.6 is 24.0 Å². The number of nitrogens with zero attached hydrogens (tertiary/aromatic N) is 3. The first-order valence-electron chi connectivity index (χ1n) is 10.2. The number of nitrogens with one attached hydrogen (secondary N) is 1. The van der Waals surface area contributed by atoms with E-state index in [9.17, 15) is 4.79 Å². The molecular weight excluding hydrogens is 481 g/mol. The fourth-order valence-corrected chi connectivity index (χ4v) is 3.58. The zero-order valence-electron chi connectivity index (χ0n) is 17.9. The van der Waals surface area contributed by atoms with Gasteiger partial charge in [-0.3, -0.25) is 9.79 Å². The number of carbonyl (C=O) groups excluding carboxylic acids is 1. The fraction of sp³-hybridized carbons (Fsp3) is 0.619. The number of ether oxygens (including phenoxy) is 1. The van der Waals surface area contributed by atoms with Crippen LogP contribution in [0.15, 0.2) is 29.3 Å². The van der Waals surface area contributed by atoms with E-state index < -0.39 is 0 Å². The minimum atomic E-state index is -0.167. The molecule has 2 rings (SSSR count). The summed E-state index contributed by atoms with van der Waals surface area (Å²) in [7, 11) is 3.84. The number of halogens is 1. The van der Waals surface area contributed by atoms with Crippen molar-refractivity contribution in [2.75, 3.05) is 46.9 Å². The monoisotopic (exact) mass is 517 g/mol. The Bertz CT molecular complexity index is 638. The molecule has 8 heteroatoms. The maximum atomic E-state index is 11.4. The molecule has 1 atom stereocenters. The third-order valence-electron chi connectivity index (χ3n) is 5.07. The van der Waals surface area contributed by atoms with Gasteiger partial charge >= 0.3 is 0 Å². The summed E-state index contributed by atoms with van der Waals surface area (Å²) >= 11 is 0. The summed E-state index contributed by atoms with van der Waals surface area (Å²) in [5, 5.41) is 3.43. The van der Waals surface area contributed by atoms with Crippen molar-refractivity contribution in [1.29, 1.82) is 0 Å². The van der Waals surface area contributed by atoms with Crippen molar-refractivity contribution in [3.8, 4) is 5.75 Å². The molecule has 1 aromatic rings. The number of guanidine groups is 1. The zero-order chi connectivity index (χ0) is 20.4. The molecule has 1 fully saturated rings. The van der Waals surface area contributed by atoms with E-state index in [1.807, 2.05) is 26.1 Å². The van der Waals surface area contributed by atoms with Gasteiger partial charge in [-0.05, 0) is 57.0 Å². The third-order valence-corrected chi connectivity index (χ3v) is 5.07. The second-order valence-corrected chi connectivity index (χ2v) is 7.30. The minimum absolute atomic E-state index is 0. The van der Waals surface area contributed by atoms with E-state index >= 15 is 0 Å². The van der Waals surface area contributed by atoms with Crippen LogP contribution in [-0.2, 0) is 11.3 Å². The van der Waals surface area contributed by atoms with Crippen LogP contribution in [-0.4, -0.2) is 68.5 Å². The molecule has 164 valence electrons. The van der Waals surface area contributed by atoms with Crippen molar-refractivity contribution >= 4 is 35.8 Å². The Hall–Kier alpha value is -1.55.